The van der Waals surface area contributed by atoms with Crippen molar-refractivity contribution < 1.29 is 4.74 Å². The van der Waals surface area contributed by atoms with Crippen molar-refractivity contribution in [3.63, 3.8) is 0 Å². The molecular weight excluding hydrogens is 210 g/mol. The standard InChI is InChI=1S/C15H31NO/c1-4-16-14(8-5-7-13(2)3)10-11-15-9-6-12-17-15/h13-16H,4-12H2,1-3H3. The van der Waals surface area contributed by atoms with E-state index in [4.69, 9.17) is 4.74 Å². The van der Waals surface area contributed by atoms with E-state index in [0.717, 1.165) is 19.1 Å². The molecule has 0 aromatic carbocycles. The fraction of sp³-hybridized carbons (Fsp3) is 1.00. The number of hydrogen-bond donors (Lipinski definition) is 1. The first kappa shape index (κ1) is 15.0. The molecule has 17 heavy (non-hydrogen) atoms. The molecule has 1 N–H and O–H groups in total. The second-order valence-electron chi connectivity index (χ2n) is 5.79. The second kappa shape index (κ2) is 8.93. The van der Waals surface area contributed by atoms with Crippen LogP contribution in [0.2, 0.25) is 0 Å². The predicted octanol–water partition coefficient (Wildman–Crippen LogP) is 3.75. The zero-order chi connectivity index (χ0) is 12.5. The third-order valence-corrected chi connectivity index (χ3v) is 3.69. The summed E-state index contributed by atoms with van der Waals surface area (Å²) in [6.07, 6.45) is 9.70. The lowest BCUT2D eigenvalue weighted by molar-refractivity contribution is 0.0992. The van der Waals surface area contributed by atoms with Gasteiger partial charge < -0.3 is 10.1 Å². The van der Waals surface area contributed by atoms with Gasteiger partial charge in [0, 0.05) is 12.6 Å². The van der Waals surface area contributed by atoms with Crippen molar-refractivity contribution in [3.05, 3.63) is 0 Å². The largest absolute Gasteiger partial charge is 0.378 e. The SMILES string of the molecule is CCNC(CCCC(C)C)CCC1CCCO1. The van der Waals surface area contributed by atoms with E-state index in [0.29, 0.717) is 12.1 Å². The summed E-state index contributed by atoms with van der Waals surface area (Å²) in [5.41, 5.74) is 0. The van der Waals surface area contributed by atoms with Gasteiger partial charge in [-0.15, -0.1) is 0 Å². The van der Waals surface area contributed by atoms with Gasteiger partial charge in [0.15, 0.2) is 0 Å². The smallest absolute Gasteiger partial charge is 0.0576 e. The minimum absolute atomic E-state index is 0.557. The predicted molar refractivity (Wildman–Crippen MR) is 74.4 cm³/mol. The molecule has 102 valence electrons. The van der Waals surface area contributed by atoms with Gasteiger partial charge in [0.25, 0.3) is 0 Å². The minimum atomic E-state index is 0.557. The minimum Gasteiger partial charge on any atom is -0.378 e. The van der Waals surface area contributed by atoms with Crippen molar-refractivity contribution in [2.75, 3.05) is 13.2 Å². The highest BCUT2D eigenvalue weighted by Gasteiger charge is 2.17. The van der Waals surface area contributed by atoms with Crippen LogP contribution in [0.3, 0.4) is 0 Å². The molecule has 2 heteroatoms. The molecule has 0 radical (unpaired) electrons. The lowest BCUT2D eigenvalue weighted by Gasteiger charge is -2.20. The van der Waals surface area contributed by atoms with Gasteiger partial charge in [-0.05, 0) is 44.6 Å². The highest BCUT2D eigenvalue weighted by atomic mass is 16.5. The summed E-state index contributed by atoms with van der Waals surface area (Å²) in [4.78, 5) is 0. The van der Waals surface area contributed by atoms with Crippen LogP contribution in [-0.4, -0.2) is 25.3 Å². The third-order valence-electron chi connectivity index (χ3n) is 3.69. The molecule has 1 fully saturated rings. The van der Waals surface area contributed by atoms with E-state index >= 15 is 0 Å². The van der Waals surface area contributed by atoms with Crippen LogP contribution in [0.25, 0.3) is 0 Å². The maximum Gasteiger partial charge on any atom is 0.0576 e. The van der Waals surface area contributed by atoms with E-state index < -0.39 is 0 Å². The van der Waals surface area contributed by atoms with Crippen molar-refractivity contribution >= 4 is 0 Å². The molecule has 1 rings (SSSR count). The van der Waals surface area contributed by atoms with Gasteiger partial charge in [0.05, 0.1) is 6.10 Å². The first-order valence-corrected chi connectivity index (χ1v) is 7.57. The Labute approximate surface area is 108 Å². The van der Waals surface area contributed by atoms with E-state index in [1.807, 2.05) is 0 Å². The Hall–Kier alpha value is -0.0800. The van der Waals surface area contributed by atoms with Gasteiger partial charge in [-0.3, -0.25) is 0 Å². The van der Waals surface area contributed by atoms with Crippen LogP contribution in [0.15, 0.2) is 0 Å². The maximum absolute atomic E-state index is 5.70. The number of hydrogen-bond acceptors (Lipinski definition) is 2. The fourth-order valence-corrected chi connectivity index (χ4v) is 2.67. The lowest BCUT2D eigenvalue weighted by atomic mass is 9.98. The molecule has 1 heterocycles. The summed E-state index contributed by atoms with van der Waals surface area (Å²) in [7, 11) is 0. The van der Waals surface area contributed by atoms with Crippen molar-refractivity contribution in [2.24, 2.45) is 5.92 Å². The van der Waals surface area contributed by atoms with E-state index in [2.05, 4.69) is 26.1 Å². The highest BCUT2D eigenvalue weighted by Crippen LogP contribution is 2.19. The van der Waals surface area contributed by atoms with Crippen LogP contribution in [0, 0.1) is 5.92 Å². The molecule has 0 saturated carbocycles. The monoisotopic (exact) mass is 241 g/mol. The molecule has 2 atom stereocenters. The Bertz CT molecular complexity index is 176. The summed E-state index contributed by atoms with van der Waals surface area (Å²) >= 11 is 0. The van der Waals surface area contributed by atoms with Crippen LogP contribution < -0.4 is 5.32 Å². The van der Waals surface area contributed by atoms with Crippen molar-refractivity contribution in [1.29, 1.82) is 0 Å². The molecule has 0 bridgehead atoms. The molecule has 0 aromatic rings. The topological polar surface area (TPSA) is 21.3 Å². The molecule has 0 aliphatic carbocycles. The number of ether oxygens (including phenoxy) is 1. The van der Waals surface area contributed by atoms with E-state index in [-0.39, 0.29) is 0 Å². The fourth-order valence-electron chi connectivity index (χ4n) is 2.67. The first-order chi connectivity index (χ1) is 8.22. The van der Waals surface area contributed by atoms with Gasteiger partial charge in [-0.2, -0.15) is 0 Å². The van der Waals surface area contributed by atoms with Crippen molar-refractivity contribution in [1.82, 2.24) is 5.32 Å². The normalized spacial score (nSPS) is 22.2. The van der Waals surface area contributed by atoms with E-state index in [9.17, 15) is 0 Å². The van der Waals surface area contributed by atoms with Crippen LogP contribution in [0.5, 0.6) is 0 Å². The Kier molecular flexibility index (Phi) is 7.87. The summed E-state index contributed by atoms with van der Waals surface area (Å²) in [5, 5.41) is 3.62. The van der Waals surface area contributed by atoms with Crippen LogP contribution in [0.1, 0.15) is 65.7 Å². The molecule has 0 spiro atoms. The van der Waals surface area contributed by atoms with Crippen LogP contribution in [0.4, 0.5) is 0 Å². The average Bonchev–Trinajstić information content (AvgIpc) is 2.78. The van der Waals surface area contributed by atoms with E-state index in [1.54, 1.807) is 0 Å². The molecule has 2 nitrogen and oxygen atoms in total. The Morgan fingerprint density at radius 1 is 1.24 bits per heavy atom. The Balaban J connectivity index is 2.12. The zero-order valence-electron chi connectivity index (χ0n) is 12.0. The quantitative estimate of drug-likeness (QED) is 0.664. The van der Waals surface area contributed by atoms with E-state index in [1.165, 1.54) is 44.9 Å². The Morgan fingerprint density at radius 3 is 2.65 bits per heavy atom. The van der Waals surface area contributed by atoms with Gasteiger partial charge in [-0.25, -0.2) is 0 Å². The lowest BCUT2D eigenvalue weighted by Crippen LogP contribution is -2.30. The highest BCUT2D eigenvalue weighted by molar-refractivity contribution is 4.72. The molecule has 1 aliphatic heterocycles. The summed E-state index contributed by atoms with van der Waals surface area (Å²) in [5.74, 6) is 0.843. The average molecular weight is 241 g/mol. The zero-order valence-corrected chi connectivity index (χ0v) is 12.0. The molecular formula is C15H31NO. The second-order valence-corrected chi connectivity index (χ2v) is 5.79. The molecule has 0 amide bonds. The molecule has 1 saturated heterocycles. The van der Waals surface area contributed by atoms with Gasteiger partial charge in [0.1, 0.15) is 0 Å². The van der Waals surface area contributed by atoms with Crippen molar-refractivity contribution in [3.8, 4) is 0 Å². The molecule has 0 aromatic heterocycles. The van der Waals surface area contributed by atoms with Crippen LogP contribution >= 0.6 is 0 Å². The third kappa shape index (κ3) is 7.05. The summed E-state index contributed by atoms with van der Waals surface area (Å²) in [6, 6.07) is 0.711. The summed E-state index contributed by atoms with van der Waals surface area (Å²) < 4.78 is 5.70. The van der Waals surface area contributed by atoms with Gasteiger partial charge in [0.2, 0.25) is 0 Å². The summed E-state index contributed by atoms with van der Waals surface area (Å²) in [6.45, 7) is 8.92. The molecule has 1 aliphatic rings. The van der Waals surface area contributed by atoms with Crippen molar-refractivity contribution in [2.45, 2.75) is 77.9 Å². The molecule has 2 unspecified atom stereocenters. The van der Waals surface area contributed by atoms with Gasteiger partial charge in [-0.1, -0.05) is 33.6 Å². The maximum atomic E-state index is 5.70. The van der Waals surface area contributed by atoms with Gasteiger partial charge >= 0.3 is 0 Å². The number of rotatable bonds is 9. The first-order valence-electron chi connectivity index (χ1n) is 7.57. The Morgan fingerprint density at radius 2 is 2.06 bits per heavy atom. The van der Waals surface area contributed by atoms with Crippen LogP contribution in [-0.2, 0) is 4.74 Å². The number of nitrogens with one attached hydrogen (secondary N) is 1.